The third kappa shape index (κ3) is 7.18. The van der Waals surface area contributed by atoms with Crippen molar-refractivity contribution in [3.05, 3.63) is 0 Å². The lowest BCUT2D eigenvalue weighted by molar-refractivity contribution is 0.145. The highest BCUT2D eigenvalue weighted by Crippen LogP contribution is 2.19. The Morgan fingerprint density at radius 2 is 2.00 bits per heavy atom. The minimum absolute atomic E-state index is 0.238. The number of aliphatic hydroxyl groups is 1. The normalized spacial score (nSPS) is 15.3. The Kier molecular flexibility index (Phi) is 7.15. The molecule has 5 N–H and O–H groups in total. The summed E-state index contributed by atoms with van der Waals surface area (Å²) in [5.74, 6) is 0.738. The molecule has 5 heteroatoms. The number of hydrogen-bond acceptors (Lipinski definition) is 4. The maximum Gasteiger partial charge on any atom is 0.144 e. The zero-order valence-corrected chi connectivity index (χ0v) is 11.4. The lowest BCUT2D eigenvalue weighted by atomic mass is 9.88. The standard InChI is InChI=1S/C12H27N3O2/c1-9(2)7-10(16)8-14-6-5-12(3,4)11(13)15-17/h9-10,14,16-17H,5-8H2,1-4H3,(H2,13,15). The van der Waals surface area contributed by atoms with Crippen LogP contribution in [0.2, 0.25) is 0 Å². The van der Waals surface area contributed by atoms with E-state index in [1.54, 1.807) is 0 Å². The summed E-state index contributed by atoms with van der Waals surface area (Å²) in [6, 6.07) is 0. The molecule has 0 radical (unpaired) electrons. The van der Waals surface area contributed by atoms with Gasteiger partial charge in [0.1, 0.15) is 5.84 Å². The third-order valence-electron chi connectivity index (χ3n) is 2.85. The maximum absolute atomic E-state index is 9.65. The van der Waals surface area contributed by atoms with E-state index in [1.807, 2.05) is 13.8 Å². The number of oxime groups is 1. The molecule has 0 aliphatic rings. The fraction of sp³-hybridized carbons (Fsp3) is 0.917. The zero-order valence-electron chi connectivity index (χ0n) is 11.4. The number of hydrogen-bond donors (Lipinski definition) is 4. The summed E-state index contributed by atoms with van der Waals surface area (Å²) >= 11 is 0. The molecule has 1 unspecified atom stereocenters. The van der Waals surface area contributed by atoms with E-state index in [9.17, 15) is 5.11 Å². The SMILES string of the molecule is CC(C)CC(O)CNCCC(C)(C)C(N)=NO. The second kappa shape index (κ2) is 7.50. The van der Waals surface area contributed by atoms with Crippen molar-refractivity contribution < 1.29 is 10.3 Å². The van der Waals surface area contributed by atoms with E-state index in [4.69, 9.17) is 10.9 Å². The van der Waals surface area contributed by atoms with Gasteiger partial charge in [0, 0.05) is 12.0 Å². The van der Waals surface area contributed by atoms with Gasteiger partial charge in [-0.2, -0.15) is 0 Å². The minimum atomic E-state index is -0.329. The van der Waals surface area contributed by atoms with Crippen LogP contribution in [0.15, 0.2) is 5.16 Å². The summed E-state index contributed by atoms with van der Waals surface area (Å²) in [6.45, 7) is 9.35. The van der Waals surface area contributed by atoms with Gasteiger partial charge >= 0.3 is 0 Å². The smallest absolute Gasteiger partial charge is 0.144 e. The van der Waals surface area contributed by atoms with Crippen LogP contribution in [0, 0.1) is 11.3 Å². The predicted molar refractivity (Wildman–Crippen MR) is 70.1 cm³/mol. The summed E-state index contributed by atoms with van der Waals surface area (Å²) in [4.78, 5) is 0. The van der Waals surface area contributed by atoms with E-state index in [0.29, 0.717) is 12.5 Å². The summed E-state index contributed by atoms with van der Waals surface area (Å²) in [5.41, 5.74) is 5.25. The molecule has 0 heterocycles. The molecule has 5 nitrogen and oxygen atoms in total. The molecule has 0 amide bonds. The van der Waals surface area contributed by atoms with Gasteiger partial charge in [-0.1, -0.05) is 32.9 Å². The lowest BCUT2D eigenvalue weighted by Crippen LogP contribution is -2.36. The average Bonchev–Trinajstić information content (AvgIpc) is 2.22. The van der Waals surface area contributed by atoms with Crippen LogP contribution in [0.1, 0.15) is 40.5 Å². The van der Waals surface area contributed by atoms with Crippen LogP contribution in [0.25, 0.3) is 0 Å². The molecule has 17 heavy (non-hydrogen) atoms. The van der Waals surface area contributed by atoms with Crippen LogP contribution in [-0.2, 0) is 0 Å². The molecule has 0 aromatic rings. The van der Waals surface area contributed by atoms with Gasteiger partial charge in [-0.05, 0) is 25.3 Å². The number of nitrogens with two attached hydrogens (primary N) is 1. The Hall–Kier alpha value is -0.810. The molecular weight excluding hydrogens is 218 g/mol. The number of nitrogens with zero attached hydrogens (tertiary/aromatic N) is 1. The number of aliphatic hydroxyl groups excluding tert-OH is 1. The topological polar surface area (TPSA) is 90.9 Å². The van der Waals surface area contributed by atoms with Gasteiger partial charge < -0.3 is 21.4 Å². The van der Waals surface area contributed by atoms with E-state index in [2.05, 4.69) is 24.3 Å². The van der Waals surface area contributed by atoms with E-state index >= 15 is 0 Å². The largest absolute Gasteiger partial charge is 0.409 e. The van der Waals surface area contributed by atoms with Crippen molar-refractivity contribution in [2.24, 2.45) is 22.2 Å². The van der Waals surface area contributed by atoms with Crippen molar-refractivity contribution in [3.8, 4) is 0 Å². The maximum atomic E-state index is 9.65. The Balaban J connectivity index is 3.78. The van der Waals surface area contributed by atoms with E-state index in [-0.39, 0.29) is 17.4 Å². The minimum Gasteiger partial charge on any atom is -0.409 e. The molecule has 0 spiro atoms. The first-order chi connectivity index (χ1) is 7.79. The molecule has 0 bridgehead atoms. The quantitative estimate of drug-likeness (QED) is 0.170. The first-order valence-electron chi connectivity index (χ1n) is 6.16. The van der Waals surface area contributed by atoms with Crippen LogP contribution >= 0.6 is 0 Å². The van der Waals surface area contributed by atoms with E-state index in [1.165, 1.54) is 0 Å². The van der Waals surface area contributed by atoms with Crippen LogP contribution < -0.4 is 11.1 Å². The van der Waals surface area contributed by atoms with Crippen molar-refractivity contribution in [1.82, 2.24) is 5.32 Å². The molecule has 102 valence electrons. The average molecular weight is 245 g/mol. The van der Waals surface area contributed by atoms with Crippen LogP contribution in [0.5, 0.6) is 0 Å². The summed E-state index contributed by atoms with van der Waals surface area (Å²) in [7, 11) is 0. The number of amidine groups is 1. The van der Waals surface area contributed by atoms with Gasteiger partial charge in [0.05, 0.1) is 6.10 Å². The summed E-state index contributed by atoms with van der Waals surface area (Å²) in [6.07, 6.45) is 1.26. The number of nitrogens with one attached hydrogen (secondary N) is 1. The van der Waals surface area contributed by atoms with Crippen LogP contribution in [0.4, 0.5) is 0 Å². The molecule has 0 fully saturated rings. The molecule has 0 aliphatic carbocycles. The second-order valence-electron chi connectivity index (χ2n) is 5.61. The molecule has 1 atom stereocenters. The molecule has 0 aromatic heterocycles. The van der Waals surface area contributed by atoms with Gasteiger partial charge in [-0.3, -0.25) is 0 Å². The Labute approximate surface area is 104 Å². The Bertz CT molecular complexity index is 240. The highest BCUT2D eigenvalue weighted by atomic mass is 16.4. The van der Waals surface area contributed by atoms with Gasteiger partial charge in [0.25, 0.3) is 0 Å². The fourth-order valence-electron chi connectivity index (χ4n) is 1.56. The number of rotatable bonds is 8. The van der Waals surface area contributed by atoms with Gasteiger partial charge in [-0.15, -0.1) is 0 Å². The van der Waals surface area contributed by atoms with Gasteiger partial charge in [-0.25, -0.2) is 0 Å². The third-order valence-corrected chi connectivity index (χ3v) is 2.85. The van der Waals surface area contributed by atoms with Crippen molar-refractivity contribution in [2.45, 2.75) is 46.6 Å². The van der Waals surface area contributed by atoms with E-state index < -0.39 is 0 Å². The second-order valence-corrected chi connectivity index (χ2v) is 5.61. The highest BCUT2D eigenvalue weighted by Gasteiger charge is 2.22. The predicted octanol–water partition coefficient (Wildman–Crippen LogP) is 1.15. The molecular formula is C12H27N3O2. The Morgan fingerprint density at radius 3 is 2.47 bits per heavy atom. The first kappa shape index (κ1) is 16.2. The monoisotopic (exact) mass is 245 g/mol. The zero-order chi connectivity index (χ0) is 13.5. The van der Waals surface area contributed by atoms with Crippen LogP contribution in [0.3, 0.4) is 0 Å². The van der Waals surface area contributed by atoms with Gasteiger partial charge in [0.15, 0.2) is 0 Å². The van der Waals surface area contributed by atoms with Crippen molar-refractivity contribution in [3.63, 3.8) is 0 Å². The summed E-state index contributed by atoms with van der Waals surface area (Å²) < 4.78 is 0. The molecule has 0 saturated heterocycles. The fourth-order valence-corrected chi connectivity index (χ4v) is 1.56. The molecule has 0 aromatic carbocycles. The van der Waals surface area contributed by atoms with Crippen molar-refractivity contribution >= 4 is 5.84 Å². The summed E-state index contributed by atoms with van der Waals surface area (Å²) in [5, 5.41) is 24.5. The molecule has 0 saturated carbocycles. The van der Waals surface area contributed by atoms with Crippen molar-refractivity contribution in [1.29, 1.82) is 0 Å². The van der Waals surface area contributed by atoms with Crippen LogP contribution in [-0.4, -0.2) is 35.3 Å². The molecule has 0 aliphatic heterocycles. The molecule has 0 rings (SSSR count). The van der Waals surface area contributed by atoms with E-state index in [0.717, 1.165) is 19.4 Å². The lowest BCUT2D eigenvalue weighted by Gasteiger charge is -2.23. The van der Waals surface area contributed by atoms with Crippen molar-refractivity contribution in [2.75, 3.05) is 13.1 Å². The van der Waals surface area contributed by atoms with Gasteiger partial charge in [0.2, 0.25) is 0 Å². The first-order valence-corrected chi connectivity index (χ1v) is 6.16. The Morgan fingerprint density at radius 1 is 1.41 bits per heavy atom. The highest BCUT2D eigenvalue weighted by molar-refractivity contribution is 5.85.